The van der Waals surface area contributed by atoms with Gasteiger partial charge in [0.1, 0.15) is 4.88 Å². The van der Waals surface area contributed by atoms with Crippen LogP contribution in [-0.2, 0) is 0 Å². The van der Waals surface area contributed by atoms with Crippen LogP contribution in [0.2, 0.25) is 0 Å². The van der Waals surface area contributed by atoms with Crippen molar-refractivity contribution in [2.75, 3.05) is 0 Å². The lowest BCUT2D eigenvalue weighted by Crippen LogP contribution is -1.89. The van der Waals surface area contributed by atoms with Crippen molar-refractivity contribution < 1.29 is 9.90 Å². The molecule has 0 aliphatic rings. The van der Waals surface area contributed by atoms with E-state index in [9.17, 15) is 4.79 Å². The Morgan fingerprint density at radius 2 is 2.46 bits per heavy atom. The summed E-state index contributed by atoms with van der Waals surface area (Å²) < 4.78 is 0. The Labute approximate surface area is 79.6 Å². The molecule has 4 heteroatoms. The van der Waals surface area contributed by atoms with Gasteiger partial charge in [-0.1, -0.05) is 0 Å². The third-order valence-corrected chi connectivity index (χ3v) is 2.67. The van der Waals surface area contributed by atoms with Gasteiger partial charge < -0.3 is 5.11 Å². The molecule has 0 aliphatic heterocycles. The number of hydrogen-bond donors (Lipinski definition) is 1. The van der Waals surface area contributed by atoms with Gasteiger partial charge in [0.15, 0.2) is 0 Å². The molecule has 0 bridgehead atoms. The number of aromatic carboxylic acids is 1. The lowest BCUT2D eigenvalue weighted by atomic mass is 10.2. The van der Waals surface area contributed by atoms with E-state index in [1.165, 1.54) is 17.4 Å². The summed E-state index contributed by atoms with van der Waals surface area (Å²) in [6.45, 7) is 1.82. The van der Waals surface area contributed by atoms with E-state index in [1.807, 2.05) is 13.0 Å². The summed E-state index contributed by atoms with van der Waals surface area (Å²) in [6, 6.07) is 3.46. The maximum Gasteiger partial charge on any atom is 0.345 e. The Morgan fingerprint density at radius 1 is 1.77 bits per heavy atom. The summed E-state index contributed by atoms with van der Waals surface area (Å²) in [4.78, 5) is 11.7. The maximum atomic E-state index is 10.6. The van der Waals surface area contributed by atoms with E-state index in [0.717, 1.165) is 10.4 Å². The molecule has 0 radical (unpaired) electrons. The number of hydrogen-bond acceptors (Lipinski definition) is 3. The molecule has 1 heterocycles. The van der Waals surface area contributed by atoms with Crippen molar-refractivity contribution in [1.29, 1.82) is 5.26 Å². The second-order valence-corrected chi connectivity index (χ2v) is 3.51. The number of aryl methyl sites for hydroxylation is 1. The maximum absolute atomic E-state index is 10.6. The fourth-order valence-corrected chi connectivity index (χ4v) is 1.80. The van der Waals surface area contributed by atoms with Crippen LogP contribution in [0.25, 0.3) is 6.08 Å². The molecular weight excluding hydrogens is 186 g/mol. The van der Waals surface area contributed by atoms with E-state index in [2.05, 4.69) is 0 Å². The Hall–Kier alpha value is -1.60. The van der Waals surface area contributed by atoms with Gasteiger partial charge in [-0.2, -0.15) is 5.26 Å². The molecule has 13 heavy (non-hydrogen) atoms. The third-order valence-electron chi connectivity index (χ3n) is 1.48. The molecule has 0 aromatic carbocycles. The zero-order chi connectivity index (χ0) is 9.84. The fraction of sp³-hybridized carbons (Fsp3) is 0.111. The van der Waals surface area contributed by atoms with Gasteiger partial charge in [-0.25, -0.2) is 4.79 Å². The predicted molar refractivity (Wildman–Crippen MR) is 50.7 cm³/mol. The summed E-state index contributed by atoms with van der Waals surface area (Å²) in [6.07, 6.45) is 2.96. The lowest BCUT2D eigenvalue weighted by molar-refractivity contribution is 0.0702. The van der Waals surface area contributed by atoms with Crippen LogP contribution in [0.15, 0.2) is 12.1 Å². The first-order valence-electron chi connectivity index (χ1n) is 3.55. The number of allylic oxidation sites excluding steroid dienone is 1. The highest BCUT2D eigenvalue weighted by Crippen LogP contribution is 2.22. The highest BCUT2D eigenvalue weighted by molar-refractivity contribution is 7.15. The standard InChI is InChI=1S/C9H7NO2S/c1-6-5-8(9(11)12)13-7(6)3-2-4-10/h2-3,5H,1H3,(H,11,12). The van der Waals surface area contributed by atoms with E-state index in [-0.39, 0.29) is 0 Å². The molecule has 1 rings (SSSR count). The Bertz CT molecular complexity index is 398. The quantitative estimate of drug-likeness (QED) is 0.733. The third kappa shape index (κ3) is 2.17. The summed E-state index contributed by atoms with van der Waals surface area (Å²) in [5.74, 6) is -0.926. The van der Waals surface area contributed by atoms with Crippen LogP contribution in [0.3, 0.4) is 0 Å². The summed E-state index contributed by atoms with van der Waals surface area (Å²) in [5, 5.41) is 17.0. The van der Waals surface area contributed by atoms with Crippen molar-refractivity contribution in [3.63, 3.8) is 0 Å². The molecule has 1 aromatic rings. The number of thiophene rings is 1. The smallest absolute Gasteiger partial charge is 0.345 e. The Morgan fingerprint density at radius 3 is 2.92 bits per heavy atom. The molecular formula is C9H7NO2S. The molecule has 0 spiro atoms. The zero-order valence-corrected chi connectivity index (χ0v) is 7.76. The van der Waals surface area contributed by atoms with Gasteiger partial charge in [0.2, 0.25) is 0 Å². The van der Waals surface area contributed by atoms with Crippen molar-refractivity contribution in [2.24, 2.45) is 0 Å². The molecule has 0 amide bonds. The van der Waals surface area contributed by atoms with Crippen LogP contribution in [0.1, 0.15) is 20.1 Å². The van der Waals surface area contributed by atoms with E-state index in [1.54, 1.807) is 12.1 Å². The summed E-state index contributed by atoms with van der Waals surface area (Å²) in [5.41, 5.74) is 0.883. The molecule has 1 N–H and O–H groups in total. The largest absolute Gasteiger partial charge is 0.477 e. The van der Waals surface area contributed by atoms with Crippen LogP contribution in [0, 0.1) is 18.3 Å². The monoisotopic (exact) mass is 193 g/mol. The number of carboxylic acid groups (broad SMARTS) is 1. The van der Waals surface area contributed by atoms with Crippen LogP contribution in [0.4, 0.5) is 0 Å². The van der Waals surface area contributed by atoms with Gasteiger partial charge in [-0.15, -0.1) is 11.3 Å². The molecule has 1 aromatic heterocycles. The minimum Gasteiger partial charge on any atom is -0.477 e. The first-order chi connectivity index (χ1) is 6.15. The van der Waals surface area contributed by atoms with E-state index in [4.69, 9.17) is 10.4 Å². The summed E-state index contributed by atoms with van der Waals surface area (Å²) >= 11 is 1.17. The normalized spacial score (nSPS) is 10.2. The number of carbonyl (C=O) groups is 1. The lowest BCUT2D eigenvalue weighted by Gasteiger charge is -1.84. The van der Waals surface area contributed by atoms with Crippen molar-refractivity contribution in [1.82, 2.24) is 0 Å². The van der Waals surface area contributed by atoms with Gasteiger partial charge in [0.25, 0.3) is 0 Å². The van der Waals surface area contributed by atoms with E-state index in [0.29, 0.717) is 4.88 Å². The van der Waals surface area contributed by atoms with Crippen molar-refractivity contribution in [3.05, 3.63) is 27.5 Å². The minimum absolute atomic E-state index is 0.301. The van der Waals surface area contributed by atoms with E-state index < -0.39 is 5.97 Å². The SMILES string of the molecule is Cc1cc(C(=O)O)sc1C=CC#N. The van der Waals surface area contributed by atoms with Crippen LogP contribution in [0.5, 0.6) is 0 Å². The predicted octanol–water partition coefficient (Wildman–Crippen LogP) is 2.29. The van der Waals surface area contributed by atoms with Gasteiger partial charge >= 0.3 is 5.97 Å². The second-order valence-electron chi connectivity index (χ2n) is 2.43. The first kappa shape index (κ1) is 9.49. The molecule has 0 fully saturated rings. The first-order valence-corrected chi connectivity index (χ1v) is 4.36. The van der Waals surface area contributed by atoms with Crippen molar-refractivity contribution in [3.8, 4) is 6.07 Å². The molecule has 0 saturated heterocycles. The van der Waals surface area contributed by atoms with Gasteiger partial charge in [0.05, 0.1) is 6.07 Å². The molecule has 0 unspecified atom stereocenters. The average molecular weight is 193 g/mol. The van der Waals surface area contributed by atoms with Gasteiger partial charge in [-0.05, 0) is 24.6 Å². The topological polar surface area (TPSA) is 61.1 Å². The highest BCUT2D eigenvalue weighted by Gasteiger charge is 2.08. The Balaban J connectivity index is 3.05. The minimum atomic E-state index is -0.926. The highest BCUT2D eigenvalue weighted by atomic mass is 32.1. The van der Waals surface area contributed by atoms with Crippen LogP contribution >= 0.6 is 11.3 Å². The van der Waals surface area contributed by atoms with Crippen LogP contribution in [-0.4, -0.2) is 11.1 Å². The number of nitriles is 1. The molecule has 0 aliphatic carbocycles. The molecule has 66 valence electrons. The zero-order valence-electron chi connectivity index (χ0n) is 6.94. The number of nitrogens with zero attached hydrogens (tertiary/aromatic N) is 1. The van der Waals surface area contributed by atoms with E-state index >= 15 is 0 Å². The van der Waals surface area contributed by atoms with Gasteiger partial charge in [-0.3, -0.25) is 0 Å². The fourth-order valence-electron chi connectivity index (χ4n) is 0.880. The number of carboxylic acids is 1. The Kier molecular flexibility index (Phi) is 2.83. The number of rotatable bonds is 2. The van der Waals surface area contributed by atoms with Crippen molar-refractivity contribution >= 4 is 23.4 Å². The molecule has 3 nitrogen and oxygen atoms in total. The summed E-state index contributed by atoms with van der Waals surface area (Å²) in [7, 11) is 0. The van der Waals surface area contributed by atoms with Gasteiger partial charge in [0, 0.05) is 11.0 Å². The van der Waals surface area contributed by atoms with Crippen LogP contribution < -0.4 is 0 Å². The second kappa shape index (κ2) is 3.87. The van der Waals surface area contributed by atoms with Crippen molar-refractivity contribution in [2.45, 2.75) is 6.92 Å². The average Bonchev–Trinajstić information content (AvgIpc) is 2.44. The molecule has 0 atom stereocenters. The molecule has 0 saturated carbocycles.